The van der Waals surface area contributed by atoms with Crippen LogP contribution in [0, 0.1) is 0 Å². The summed E-state index contributed by atoms with van der Waals surface area (Å²) < 4.78 is 12.5. The number of anilines is 2. The Hall–Kier alpha value is -4.57. The number of benzene rings is 3. The number of ether oxygens (including phenoxy) is 1. The van der Waals surface area contributed by atoms with Crippen LogP contribution in [-0.2, 0) is 6.54 Å². The number of methoxy groups -OCH3 is 1. The number of nitrogens with one attached hydrogen (secondary N) is 2. The summed E-state index contributed by atoms with van der Waals surface area (Å²) in [6.07, 6.45) is 5.57. The Balaban J connectivity index is 1.18. The summed E-state index contributed by atoms with van der Waals surface area (Å²) in [7, 11) is 1.62. The maximum Gasteiger partial charge on any atom is 0.323 e. The van der Waals surface area contributed by atoms with Crippen molar-refractivity contribution in [2.75, 3.05) is 24.0 Å². The summed E-state index contributed by atoms with van der Waals surface area (Å²) in [6.45, 7) is 0.598. The lowest BCUT2D eigenvalue weighted by Gasteiger charge is -2.09. The molecule has 186 valence electrons. The number of carbonyl (C=O) groups is 1. The summed E-state index contributed by atoms with van der Waals surface area (Å²) in [5.74, 6) is 1.59. The van der Waals surface area contributed by atoms with Crippen molar-refractivity contribution in [1.29, 1.82) is 0 Å². The third-order valence-electron chi connectivity index (χ3n) is 5.53. The molecule has 2 aromatic heterocycles. The molecule has 2 heterocycles. The van der Waals surface area contributed by atoms with E-state index in [1.807, 2.05) is 89.8 Å². The van der Waals surface area contributed by atoms with Gasteiger partial charge in [0.15, 0.2) is 0 Å². The standard InChI is InChI=1S/C27H24N6O3S/c1-35-22-12-8-19(9-13-22)25-31-26(36-32-25)24-16-33(17-28-24)15-18-6-10-20(11-7-18)29-27(34)30-21-4-3-5-23(14-21)37-2/h3-14,16-17H,15H2,1-2H3,(H2,29,30,34). The number of carbonyl (C=O) groups excluding carboxylic acids is 1. The first-order chi connectivity index (χ1) is 18.1. The van der Waals surface area contributed by atoms with Crippen LogP contribution < -0.4 is 15.4 Å². The van der Waals surface area contributed by atoms with Crippen LogP contribution >= 0.6 is 11.8 Å². The second-order valence-electron chi connectivity index (χ2n) is 8.09. The fraction of sp³-hybridized carbons (Fsp3) is 0.111. The van der Waals surface area contributed by atoms with Gasteiger partial charge in [0.2, 0.25) is 5.82 Å². The minimum atomic E-state index is -0.293. The normalized spacial score (nSPS) is 10.8. The molecule has 5 rings (SSSR count). The molecule has 3 aromatic carbocycles. The van der Waals surface area contributed by atoms with E-state index in [9.17, 15) is 4.79 Å². The Kier molecular flexibility index (Phi) is 7.18. The highest BCUT2D eigenvalue weighted by molar-refractivity contribution is 7.98. The van der Waals surface area contributed by atoms with E-state index >= 15 is 0 Å². The van der Waals surface area contributed by atoms with Crippen LogP contribution in [-0.4, -0.2) is 39.1 Å². The summed E-state index contributed by atoms with van der Waals surface area (Å²) in [5.41, 5.74) is 3.91. The van der Waals surface area contributed by atoms with Gasteiger partial charge < -0.3 is 24.5 Å². The lowest BCUT2D eigenvalue weighted by atomic mass is 10.2. The highest BCUT2D eigenvalue weighted by Gasteiger charge is 2.13. The van der Waals surface area contributed by atoms with Crippen molar-refractivity contribution < 1.29 is 14.1 Å². The van der Waals surface area contributed by atoms with Crippen molar-refractivity contribution in [3.05, 3.63) is 90.9 Å². The zero-order chi connectivity index (χ0) is 25.6. The highest BCUT2D eigenvalue weighted by Crippen LogP contribution is 2.23. The van der Waals surface area contributed by atoms with Gasteiger partial charge in [-0.25, -0.2) is 9.78 Å². The molecular formula is C27H24N6O3S. The van der Waals surface area contributed by atoms with Crippen LogP contribution in [0.15, 0.2) is 94.7 Å². The molecule has 5 aromatic rings. The molecule has 0 saturated heterocycles. The van der Waals surface area contributed by atoms with Crippen molar-refractivity contribution in [1.82, 2.24) is 19.7 Å². The predicted molar refractivity (Wildman–Crippen MR) is 144 cm³/mol. The van der Waals surface area contributed by atoms with E-state index in [-0.39, 0.29) is 6.03 Å². The summed E-state index contributed by atoms with van der Waals surface area (Å²) in [5, 5.41) is 9.77. The molecule has 10 heteroatoms. The van der Waals surface area contributed by atoms with Crippen molar-refractivity contribution in [3.8, 4) is 28.7 Å². The lowest BCUT2D eigenvalue weighted by Crippen LogP contribution is -2.19. The smallest absolute Gasteiger partial charge is 0.323 e. The van der Waals surface area contributed by atoms with E-state index in [1.165, 1.54) is 0 Å². The van der Waals surface area contributed by atoms with Crippen molar-refractivity contribution in [2.45, 2.75) is 11.4 Å². The van der Waals surface area contributed by atoms with Gasteiger partial charge in [0.1, 0.15) is 11.4 Å². The molecule has 0 saturated carbocycles. The zero-order valence-corrected chi connectivity index (χ0v) is 21.0. The van der Waals surface area contributed by atoms with E-state index in [2.05, 4.69) is 25.8 Å². The second kappa shape index (κ2) is 11.0. The van der Waals surface area contributed by atoms with Crippen LogP contribution in [0.3, 0.4) is 0 Å². The van der Waals surface area contributed by atoms with Gasteiger partial charge in [0, 0.05) is 34.6 Å². The molecule has 0 aliphatic carbocycles. The van der Waals surface area contributed by atoms with Gasteiger partial charge in [0.05, 0.1) is 13.4 Å². The Morgan fingerprint density at radius 2 is 1.81 bits per heavy atom. The average molecular weight is 513 g/mol. The van der Waals surface area contributed by atoms with Crippen LogP contribution in [0.4, 0.5) is 16.2 Å². The zero-order valence-electron chi connectivity index (χ0n) is 20.2. The molecule has 0 aliphatic heterocycles. The van der Waals surface area contributed by atoms with E-state index in [1.54, 1.807) is 25.2 Å². The van der Waals surface area contributed by atoms with Gasteiger partial charge in [-0.3, -0.25) is 0 Å². The van der Waals surface area contributed by atoms with Crippen LogP contribution in [0.2, 0.25) is 0 Å². The number of nitrogens with zero attached hydrogens (tertiary/aromatic N) is 4. The van der Waals surface area contributed by atoms with Gasteiger partial charge in [-0.2, -0.15) is 4.98 Å². The van der Waals surface area contributed by atoms with Gasteiger partial charge in [0.25, 0.3) is 5.89 Å². The fourth-order valence-electron chi connectivity index (χ4n) is 3.64. The molecular weight excluding hydrogens is 488 g/mol. The molecule has 9 nitrogen and oxygen atoms in total. The number of rotatable bonds is 8. The minimum Gasteiger partial charge on any atom is -0.497 e. The van der Waals surface area contributed by atoms with E-state index in [0.717, 1.165) is 27.5 Å². The van der Waals surface area contributed by atoms with E-state index in [0.29, 0.717) is 29.6 Å². The predicted octanol–water partition coefficient (Wildman–Crippen LogP) is 6.02. The quantitative estimate of drug-likeness (QED) is 0.245. The lowest BCUT2D eigenvalue weighted by molar-refractivity contribution is 0.262. The Labute approximate surface area is 217 Å². The third kappa shape index (κ3) is 5.99. The van der Waals surface area contributed by atoms with Crippen LogP contribution in [0.5, 0.6) is 5.75 Å². The Morgan fingerprint density at radius 3 is 2.57 bits per heavy atom. The molecule has 0 atom stereocenters. The van der Waals surface area contributed by atoms with E-state index < -0.39 is 0 Å². The number of amides is 2. The largest absolute Gasteiger partial charge is 0.497 e. The maximum atomic E-state index is 12.3. The summed E-state index contributed by atoms with van der Waals surface area (Å²) in [4.78, 5) is 22.3. The number of thioether (sulfide) groups is 1. The molecule has 0 bridgehead atoms. The minimum absolute atomic E-state index is 0.293. The first-order valence-electron chi connectivity index (χ1n) is 11.4. The Morgan fingerprint density at radius 1 is 1.03 bits per heavy atom. The van der Waals surface area contributed by atoms with Gasteiger partial charge in [-0.05, 0) is 66.4 Å². The first-order valence-corrected chi connectivity index (χ1v) is 12.6. The molecule has 0 radical (unpaired) electrons. The Bertz CT molecular complexity index is 1500. The molecule has 37 heavy (non-hydrogen) atoms. The third-order valence-corrected chi connectivity index (χ3v) is 6.26. The highest BCUT2D eigenvalue weighted by atomic mass is 32.2. The monoisotopic (exact) mass is 512 g/mol. The number of hydrogen-bond donors (Lipinski definition) is 2. The fourth-order valence-corrected chi connectivity index (χ4v) is 4.10. The molecule has 2 N–H and O–H groups in total. The molecule has 2 amide bonds. The van der Waals surface area contributed by atoms with E-state index in [4.69, 9.17) is 9.26 Å². The van der Waals surface area contributed by atoms with Crippen LogP contribution in [0.25, 0.3) is 23.0 Å². The van der Waals surface area contributed by atoms with Crippen LogP contribution in [0.1, 0.15) is 5.56 Å². The number of urea groups is 1. The first kappa shape index (κ1) is 24.1. The number of hydrogen-bond acceptors (Lipinski definition) is 7. The van der Waals surface area contributed by atoms with Gasteiger partial charge in [-0.1, -0.05) is 23.4 Å². The summed E-state index contributed by atoms with van der Waals surface area (Å²) >= 11 is 1.62. The molecule has 0 aliphatic rings. The average Bonchev–Trinajstić information content (AvgIpc) is 3.60. The van der Waals surface area contributed by atoms with Gasteiger partial charge >= 0.3 is 6.03 Å². The molecule has 0 spiro atoms. The number of aromatic nitrogens is 4. The maximum absolute atomic E-state index is 12.3. The van der Waals surface area contributed by atoms with Crippen molar-refractivity contribution in [2.24, 2.45) is 0 Å². The SMILES string of the molecule is COc1ccc(-c2noc(-c3cn(Cc4ccc(NC(=O)Nc5cccc(SC)c5)cc4)cn3)n2)cc1. The van der Waals surface area contributed by atoms with Crippen molar-refractivity contribution >= 4 is 29.2 Å². The topological polar surface area (TPSA) is 107 Å². The van der Waals surface area contributed by atoms with Gasteiger partial charge in [-0.15, -0.1) is 11.8 Å². The molecule has 0 unspecified atom stereocenters. The van der Waals surface area contributed by atoms with Crippen molar-refractivity contribution in [3.63, 3.8) is 0 Å². The number of imidazole rings is 1. The summed E-state index contributed by atoms with van der Waals surface area (Å²) in [6, 6.07) is 22.5. The second-order valence-corrected chi connectivity index (χ2v) is 8.97. The molecule has 0 fully saturated rings.